The zero-order valence-corrected chi connectivity index (χ0v) is 11.4. The molecule has 1 saturated heterocycles. The Morgan fingerprint density at radius 2 is 2.05 bits per heavy atom. The Morgan fingerprint density at radius 1 is 1.37 bits per heavy atom. The monoisotopic (exact) mass is 259 g/mol. The molecular weight excluding hydrogens is 238 g/mol. The van der Waals surface area contributed by atoms with Crippen LogP contribution in [0.15, 0.2) is 30.3 Å². The van der Waals surface area contributed by atoms with Gasteiger partial charge in [-0.2, -0.15) is 0 Å². The number of para-hydroxylation sites is 1. The summed E-state index contributed by atoms with van der Waals surface area (Å²) in [6.45, 7) is 4.39. The van der Waals surface area contributed by atoms with E-state index in [0.717, 1.165) is 30.3 Å². The van der Waals surface area contributed by atoms with Crippen LogP contribution in [0.25, 0.3) is 6.08 Å². The molecule has 0 bridgehead atoms. The van der Waals surface area contributed by atoms with E-state index in [4.69, 9.17) is 5.11 Å². The number of hydrogen-bond donors (Lipinski definition) is 1. The van der Waals surface area contributed by atoms with Gasteiger partial charge in [-0.05, 0) is 36.5 Å². The maximum absolute atomic E-state index is 10.6. The summed E-state index contributed by atoms with van der Waals surface area (Å²) in [5.74, 6) is -0.0579. The highest BCUT2D eigenvalue weighted by atomic mass is 16.4. The Hall–Kier alpha value is -1.77. The summed E-state index contributed by atoms with van der Waals surface area (Å²) in [5.41, 5.74) is 2.13. The molecule has 1 aromatic rings. The van der Waals surface area contributed by atoms with E-state index in [9.17, 15) is 4.79 Å². The van der Waals surface area contributed by atoms with Gasteiger partial charge in [-0.1, -0.05) is 31.5 Å². The minimum Gasteiger partial charge on any atom is -0.478 e. The molecule has 0 aromatic heterocycles. The van der Waals surface area contributed by atoms with Crippen molar-refractivity contribution in [2.75, 3.05) is 18.0 Å². The first-order chi connectivity index (χ1) is 9.20. The average molecular weight is 259 g/mol. The second kappa shape index (κ2) is 6.41. The van der Waals surface area contributed by atoms with Crippen molar-refractivity contribution in [1.29, 1.82) is 0 Å². The largest absolute Gasteiger partial charge is 0.478 e. The topological polar surface area (TPSA) is 40.5 Å². The van der Waals surface area contributed by atoms with Crippen molar-refractivity contribution in [2.45, 2.75) is 26.2 Å². The Morgan fingerprint density at radius 3 is 2.68 bits per heavy atom. The van der Waals surface area contributed by atoms with Gasteiger partial charge in [-0.15, -0.1) is 0 Å². The number of carboxylic acids is 1. The predicted molar refractivity (Wildman–Crippen MR) is 78.3 cm³/mol. The van der Waals surface area contributed by atoms with Crippen LogP contribution in [0, 0.1) is 5.92 Å². The number of benzene rings is 1. The fourth-order valence-corrected chi connectivity index (χ4v) is 2.66. The lowest BCUT2D eigenvalue weighted by Gasteiger charge is -2.34. The van der Waals surface area contributed by atoms with Crippen LogP contribution in [0.1, 0.15) is 31.7 Å². The smallest absolute Gasteiger partial charge is 0.328 e. The molecule has 19 heavy (non-hydrogen) atoms. The van der Waals surface area contributed by atoms with Gasteiger partial charge in [0.05, 0.1) is 0 Å². The molecule has 1 N–H and O–H groups in total. The number of aliphatic carboxylic acids is 1. The molecule has 1 aliphatic heterocycles. The Balaban J connectivity index is 2.14. The van der Waals surface area contributed by atoms with Gasteiger partial charge in [-0.25, -0.2) is 4.79 Å². The Kier molecular flexibility index (Phi) is 4.61. The van der Waals surface area contributed by atoms with Gasteiger partial charge in [0.1, 0.15) is 0 Å². The molecule has 3 nitrogen and oxygen atoms in total. The van der Waals surface area contributed by atoms with Crippen LogP contribution in [-0.4, -0.2) is 24.2 Å². The second-order valence-corrected chi connectivity index (χ2v) is 5.07. The number of nitrogens with zero attached hydrogens (tertiary/aromatic N) is 1. The first-order valence-corrected chi connectivity index (χ1v) is 6.95. The number of anilines is 1. The molecule has 102 valence electrons. The molecule has 0 radical (unpaired) electrons. The molecule has 2 rings (SSSR count). The summed E-state index contributed by atoms with van der Waals surface area (Å²) in [6, 6.07) is 8.01. The molecule has 0 saturated carbocycles. The van der Waals surface area contributed by atoms with E-state index in [-0.39, 0.29) is 0 Å². The molecule has 1 aliphatic rings. The quantitative estimate of drug-likeness (QED) is 0.842. The minimum absolute atomic E-state index is 0.845. The van der Waals surface area contributed by atoms with Crippen LogP contribution >= 0.6 is 0 Å². The fourth-order valence-electron chi connectivity index (χ4n) is 2.66. The van der Waals surface area contributed by atoms with E-state index in [1.54, 1.807) is 6.08 Å². The summed E-state index contributed by atoms with van der Waals surface area (Å²) < 4.78 is 0. The number of carboxylic acid groups (broad SMARTS) is 1. The highest BCUT2D eigenvalue weighted by molar-refractivity contribution is 5.87. The Bertz CT molecular complexity index is 460. The van der Waals surface area contributed by atoms with Crippen molar-refractivity contribution in [3.63, 3.8) is 0 Å². The number of piperidine rings is 1. The molecular formula is C16H21NO2. The number of hydrogen-bond acceptors (Lipinski definition) is 2. The lowest BCUT2D eigenvalue weighted by molar-refractivity contribution is -0.131. The van der Waals surface area contributed by atoms with Crippen molar-refractivity contribution < 1.29 is 9.90 Å². The van der Waals surface area contributed by atoms with Crippen molar-refractivity contribution in [3.05, 3.63) is 35.9 Å². The standard InChI is InChI=1S/C16H21NO2/c1-2-13-9-11-17(12-10-13)15-6-4-3-5-14(15)7-8-16(18)19/h3-8,13H,2,9-12H2,1H3,(H,18,19). The minimum atomic E-state index is -0.903. The average Bonchev–Trinajstić information content (AvgIpc) is 2.45. The highest BCUT2D eigenvalue weighted by Gasteiger charge is 2.19. The summed E-state index contributed by atoms with van der Waals surface area (Å²) >= 11 is 0. The van der Waals surface area contributed by atoms with E-state index in [1.807, 2.05) is 18.2 Å². The SMILES string of the molecule is CCC1CCN(c2ccccc2C=CC(=O)O)CC1. The molecule has 0 atom stereocenters. The predicted octanol–water partition coefficient (Wildman–Crippen LogP) is 3.41. The van der Waals surface area contributed by atoms with Crippen molar-refractivity contribution in [2.24, 2.45) is 5.92 Å². The summed E-state index contributed by atoms with van der Waals surface area (Å²) in [5, 5.41) is 8.74. The van der Waals surface area contributed by atoms with Crippen LogP contribution in [0.3, 0.4) is 0 Å². The van der Waals surface area contributed by atoms with Gasteiger partial charge in [0.2, 0.25) is 0 Å². The third-order valence-electron chi connectivity index (χ3n) is 3.87. The summed E-state index contributed by atoms with van der Waals surface area (Å²) in [4.78, 5) is 13.0. The van der Waals surface area contributed by atoms with Crippen molar-refractivity contribution in [1.82, 2.24) is 0 Å². The third kappa shape index (κ3) is 3.60. The second-order valence-electron chi connectivity index (χ2n) is 5.07. The first-order valence-electron chi connectivity index (χ1n) is 6.95. The van der Waals surface area contributed by atoms with Gasteiger partial charge in [0.15, 0.2) is 0 Å². The zero-order chi connectivity index (χ0) is 13.7. The third-order valence-corrected chi connectivity index (χ3v) is 3.87. The molecule has 0 unspecified atom stereocenters. The lowest BCUT2D eigenvalue weighted by atomic mass is 9.94. The zero-order valence-electron chi connectivity index (χ0n) is 11.4. The van der Waals surface area contributed by atoms with Crippen molar-refractivity contribution in [3.8, 4) is 0 Å². The molecule has 0 amide bonds. The van der Waals surface area contributed by atoms with Gasteiger partial charge in [0.25, 0.3) is 0 Å². The summed E-state index contributed by atoms with van der Waals surface area (Å²) in [6.07, 6.45) is 6.61. The van der Waals surface area contributed by atoms with Crippen LogP contribution in [-0.2, 0) is 4.79 Å². The van der Waals surface area contributed by atoms with Gasteiger partial charge in [0, 0.05) is 24.9 Å². The van der Waals surface area contributed by atoms with E-state index >= 15 is 0 Å². The number of rotatable bonds is 4. The molecule has 0 spiro atoms. The van der Waals surface area contributed by atoms with Gasteiger partial charge < -0.3 is 10.0 Å². The molecule has 3 heteroatoms. The van der Waals surface area contributed by atoms with Gasteiger partial charge in [-0.3, -0.25) is 0 Å². The van der Waals surface area contributed by atoms with E-state index < -0.39 is 5.97 Å². The normalized spacial score (nSPS) is 17.0. The Labute approximate surface area is 114 Å². The molecule has 1 aromatic carbocycles. The molecule has 0 aliphatic carbocycles. The fraction of sp³-hybridized carbons (Fsp3) is 0.438. The highest BCUT2D eigenvalue weighted by Crippen LogP contribution is 2.28. The van der Waals surface area contributed by atoms with Gasteiger partial charge >= 0.3 is 5.97 Å². The summed E-state index contributed by atoms with van der Waals surface area (Å²) in [7, 11) is 0. The maximum atomic E-state index is 10.6. The van der Waals surface area contributed by atoms with E-state index in [1.165, 1.54) is 25.3 Å². The van der Waals surface area contributed by atoms with Crippen LogP contribution < -0.4 is 4.90 Å². The lowest BCUT2D eigenvalue weighted by Crippen LogP contribution is -2.33. The van der Waals surface area contributed by atoms with E-state index in [2.05, 4.69) is 17.9 Å². The number of carbonyl (C=O) groups is 1. The van der Waals surface area contributed by atoms with E-state index in [0.29, 0.717) is 0 Å². The molecule has 1 heterocycles. The van der Waals surface area contributed by atoms with Crippen molar-refractivity contribution >= 4 is 17.7 Å². The van der Waals surface area contributed by atoms with Crippen LogP contribution in [0.2, 0.25) is 0 Å². The molecule has 1 fully saturated rings. The first kappa shape index (κ1) is 13.7. The van der Waals surface area contributed by atoms with Crippen LogP contribution in [0.5, 0.6) is 0 Å². The maximum Gasteiger partial charge on any atom is 0.328 e. The van der Waals surface area contributed by atoms with Crippen LogP contribution in [0.4, 0.5) is 5.69 Å².